The van der Waals surface area contributed by atoms with Gasteiger partial charge in [-0.25, -0.2) is 0 Å². The summed E-state index contributed by atoms with van der Waals surface area (Å²) in [5.74, 6) is 0.149. The first-order valence-corrected chi connectivity index (χ1v) is 12.3. The number of fused-ring (bicyclic) bond motifs is 2. The fourth-order valence-electron chi connectivity index (χ4n) is 4.85. The van der Waals surface area contributed by atoms with Gasteiger partial charge in [0.1, 0.15) is 18.5 Å². The third kappa shape index (κ3) is 5.70. The Hall–Kier alpha value is -2.65. The number of nitrogens with zero attached hydrogens (tertiary/aromatic N) is 1. The minimum absolute atomic E-state index is 0.0119. The summed E-state index contributed by atoms with van der Waals surface area (Å²) < 4.78 is 17.5. The molecule has 4 rings (SSSR count). The maximum absolute atomic E-state index is 13.4. The van der Waals surface area contributed by atoms with Crippen LogP contribution in [0.1, 0.15) is 55.8 Å². The molecular weight excluding hydrogens is 438 g/mol. The zero-order valence-corrected chi connectivity index (χ0v) is 20.0. The Morgan fingerprint density at radius 3 is 2.71 bits per heavy atom. The van der Waals surface area contributed by atoms with E-state index in [9.17, 15) is 14.4 Å². The monoisotopic (exact) mass is 473 g/mol. The number of amides is 3. The number of benzene rings is 1. The van der Waals surface area contributed by atoms with Crippen LogP contribution in [0.5, 0.6) is 5.75 Å². The van der Waals surface area contributed by atoms with Gasteiger partial charge in [-0.05, 0) is 50.3 Å². The van der Waals surface area contributed by atoms with Gasteiger partial charge in [0, 0.05) is 38.4 Å². The van der Waals surface area contributed by atoms with E-state index in [4.69, 9.17) is 14.2 Å². The molecule has 9 nitrogen and oxygen atoms in total. The van der Waals surface area contributed by atoms with E-state index in [1.54, 1.807) is 30.1 Å². The third-order valence-corrected chi connectivity index (χ3v) is 6.86. The second-order valence-electron chi connectivity index (χ2n) is 9.31. The van der Waals surface area contributed by atoms with Crippen LogP contribution in [0.3, 0.4) is 0 Å². The summed E-state index contributed by atoms with van der Waals surface area (Å²) in [4.78, 5) is 39.8. The van der Waals surface area contributed by atoms with Gasteiger partial charge in [0.2, 0.25) is 11.8 Å². The second-order valence-corrected chi connectivity index (χ2v) is 9.31. The van der Waals surface area contributed by atoms with E-state index in [0.717, 1.165) is 12.8 Å². The molecular formula is C25H35N3O6. The van der Waals surface area contributed by atoms with Gasteiger partial charge in [-0.15, -0.1) is 0 Å². The highest BCUT2D eigenvalue weighted by atomic mass is 16.5. The molecule has 2 N–H and O–H groups in total. The van der Waals surface area contributed by atoms with Crippen molar-refractivity contribution in [2.24, 2.45) is 5.92 Å². The number of hydrogen-bond acceptors (Lipinski definition) is 6. The average Bonchev–Trinajstić information content (AvgIpc) is 2.85. The molecule has 0 aromatic heterocycles. The molecule has 3 atom stereocenters. The van der Waals surface area contributed by atoms with Crippen molar-refractivity contribution in [2.75, 3.05) is 38.7 Å². The summed E-state index contributed by atoms with van der Waals surface area (Å²) in [6.45, 7) is 4.15. The van der Waals surface area contributed by atoms with Gasteiger partial charge in [0.25, 0.3) is 5.91 Å². The number of likely N-dealkylation sites (N-methyl/N-ethyl adjacent to an activating group) is 1. The molecule has 0 aliphatic carbocycles. The quantitative estimate of drug-likeness (QED) is 0.657. The van der Waals surface area contributed by atoms with Crippen molar-refractivity contribution < 1.29 is 28.6 Å². The van der Waals surface area contributed by atoms with Crippen molar-refractivity contribution >= 4 is 23.4 Å². The molecule has 0 spiro atoms. The van der Waals surface area contributed by atoms with Crippen molar-refractivity contribution in [1.29, 1.82) is 0 Å². The fourth-order valence-corrected chi connectivity index (χ4v) is 4.85. The van der Waals surface area contributed by atoms with E-state index < -0.39 is 0 Å². The predicted octanol–water partition coefficient (Wildman–Crippen LogP) is 2.35. The second kappa shape index (κ2) is 11.2. The van der Waals surface area contributed by atoms with Crippen molar-refractivity contribution in [3.05, 3.63) is 23.8 Å². The first-order valence-electron chi connectivity index (χ1n) is 12.3. The minimum Gasteiger partial charge on any atom is -0.490 e. The standard InChI is InChI=1S/C25H35N3O6/c1-3-10-26-23(29)14-18-5-6-20-22(34-18)15-33-21-7-4-17(13-19(21)25(31)28(20)2)27-24(30)16-8-11-32-12-9-16/h4,7,13,16,18,20,22H,3,5-6,8-12,14-15H2,1-2H3,(H,26,29)(H,27,30)/t18-,20+,22-/m1/s1. The summed E-state index contributed by atoms with van der Waals surface area (Å²) >= 11 is 0. The minimum atomic E-state index is -0.312. The molecule has 3 amide bonds. The van der Waals surface area contributed by atoms with Gasteiger partial charge in [0.05, 0.1) is 24.1 Å². The Labute approximate surface area is 200 Å². The summed E-state index contributed by atoms with van der Waals surface area (Å²) in [6.07, 6.45) is 3.54. The molecule has 9 heteroatoms. The summed E-state index contributed by atoms with van der Waals surface area (Å²) in [7, 11) is 1.78. The molecule has 0 radical (unpaired) electrons. The van der Waals surface area contributed by atoms with Gasteiger partial charge < -0.3 is 29.7 Å². The molecule has 2 fully saturated rings. The van der Waals surface area contributed by atoms with Crippen molar-refractivity contribution in [2.45, 2.75) is 63.7 Å². The van der Waals surface area contributed by atoms with E-state index in [0.29, 0.717) is 62.4 Å². The van der Waals surface area contributed by atoms with Crippen LogP contribution in [0.4, 0.5) is 5.69 Å². The zero-order chi connectivity index (χ0) is 24.1. The van der Waals surface area contributed by atoms with Gasteiger partial charge in [-0.3, -0.25) is 14.4 Å². The van der Waals surface area contributed by atoms with E-state index in [1.807, 2.05) is 6.92 Å². The third-order valence-electron chi connectivity index (χ3n) is 6.86. The lowest BCUT2D eigenvalue weighted by Gasteiger charge is -2.42. The summed E-state index contributed by atoms with van der Waals surface area (Å²) in [5, 5.41) is 5.84. The number of rotatable bonds is 6. The Bertz CT molecular complexity index is 901. The van der Waals surface area contributed by atoms with E-state index in [1.165, 1.54) is 0 Å². The van der Waals surface area contributed by atoms with Crippen LogP contribution in [0, 0.1) is 5.92 Å². The maximum atomic E-state index is 13.4. The van der Waals surface area contributed by atoms with E-state index >= 15 is 0 Å². The summed E-state index contributed by atoms with van der Waals surface area (Å²) in [5.41, 5.74) is 1.00. The highest BCUT2D eigenvalue weighted by Crippen LogP contribution is 2.32. The normalized spacial score (nSPS) is 25.3. The zero-order valence-electron chi connectivity index (χ0n) is 20.0. The number of hydrogen-bond donors (Lipinski definition) is 2. The van der Waals surface area contributed by atoms with Gasteiger partial charge in [-0.1, -0.05) is 6.92 Å². The van der Waals surface area contributed by atoms with E-state index in [-0.39, 0.29) is 48.5 Å². The fraction of sp³-hybridized carbons (Fsp3) is 0.640. The Morgan fingerprint density at radius 2 is 1.94 bits per heavy atom. The number of carbonyl (C=O) groups excluding carboxylic acids is 3. The van der Waals surface area contributed by atoms with Crippen molar-refractivity contribution in [1.82, 2.24) is 10.2 Å². The van der Waals surface area contributed by atoms with Crippen LogP contribution in [-0.4, -0.2) is 74.3 Å². The van der Waals surface area contributed by atoms with Crippen LogP contribution in [0.2, 0.25) is 0 Å². The summed E-state index contributed by atoms with van der Waals surface area (Å²) in [6, 6.07) is 5.02. The molecule has 0 unspecified atom stereocenters. The molecule has 186 valence electrons. The first kappa shape index (κ1) is 24.5. The SMILES string of the molecule is CCCNC(=O)C[C@H]1CC[C@H]2[C@@H](COc3ccc(NC(=O)C4CCOCC4)cc3C(=O)N2C)O1. The van der Waals surface area contributed by atoms with Crippen molar-refractivity contribution in [3.63, 3.8) is 0 Å². The highest BCUT2D eigenvalue weighted by molar-refractivity contribution is 6.00. The molecule has 1 aromatic carbocycles. The van der Waals surface area contributed by atoms with Gasteiger partial charge in [-0.2, -0.15) is 0 Å². The van der Waals surface area contributed by atoms with Crippen LogP contribution < -0.4 is 15.4 Å². The first-order chi connectivity index (χ1) is 16.5. The molecule has 1 aromatic rings. The number of anilines is 1. The maximum Gasteiger partial charge on any atom is 0.257 e. The highest BCUT2D eigenvalue weighted by Gasteiger charge is 2.39. The largest absolute Gasteiger partial charge is 0.490 e. The van der Waals surface area contributed by atoms with Crippen LogP contribution in [0.15, 0.2) is 18.2 Å². The van der Waals surface area contributed by atoms with Crippen LogP contribution in [-0.2, 0) is 19.1 Å². The van der Waals surface area contributed by atoms with Gasteiger partial charge >= 0.3 is 0 Å². The topological polar surface area (TPSA) is 106 Å². The molecule has 34 heavy (non-hydrogen) atoms. The van der Waals surface area contributed by atoms with Crippen LogP contribution >= 0.6 is 0 Å². The smallest absolute Gasteiger partial charge is 0.257 e. The molecule has 2 saturated heterocycles. The Morgan fingerprint density at radius 1 is 1.15 bits per heavy atom. The lowest BCUT2D eigenvalue weighted by Crippen LogP contribution is -2.54. The van der Waals surface area contributed by atoms with Crippen LogP contribution in [0.25, 0.3) is 0 Å². The van der Waals surface area contributed by atoms with Gasteiger partial charge in [0.15, 0.2) is 0 Å². The molecule has 0 saturated carbocycles. The van der Waals surface area contributed by atoms with Crippen molar-refractivity contribution in [3.8, 4) is 5.75 Å². The average molecular weight is 474 g/mol. The molecule has 3 aliphatic rings. The molecule has 3 heterocycles. The number of ether oxygens (including phenoxy) is 3. The molecule has 0 bridgehead atoms. The number of nitrogens with one attached hydrogen (secondary N) is 2. The Kier molecular flexibility index (Phi) is 8.05. The Balaban J connectivity index is 1.43. The predicted molar refractivity (Wildman–Crippen MR) is 126 cm³/mol. The molecule has 3 aliphatic heterocycles. The number of carbonyl (C=O) groups is 3. The lowest BCUT2D eigenvalue weighted by molar-refractivity contribution is -0.134. The lowest BCUT2D eigenvalue weighted by atomic mass is 9.94. The van der Waals surface area contributed by atoms with E-state index in [2.05, 4.69) is 10.6 Å².